The maximum Gasteiger partial charge on any atom is 0.165 e. The largest absolute Gasteiger partial charge is 0.494 e. The molecule has 0 fully saturated rings. The number of hydrogen-bond acceptors (Lipinski definition) is 4. The summed E-state index contributed by atoms with van der Waals surface area (Å²) in [7, 11) is 1.46. The van der Waals surface area contributed by atoms with E-state index in [9.17, 15) is 4.39 Å². The van der Waals surface area contributed by atoms with Crippen molar-refractivity contribution in [3.8, 4) is 5.75 Å². The Morgan fingerprint density at radius 3 is 2.80 bits per heavy atom. The first kappa shape index (κ1) is 14.5. The van der Waals surface area contributed by atoms with Crippen molar-refractivity contribution in [2.75, 3.05) is 7.11 Å². The average molecular weight is 278 g/mol. The molecule has 0 spiro atoms. The predicted molar refractivity (Wildman–Crippen MR) is 74.0 cm³/mol. The van der Waals surface area contributed by atoms with Crippen LogP contribution < -0.4 is 10.1 Å². The number of benzene rings is 1. The Balaban J connectivity index is 1.97. The first-order valence-corrected chi connectivity index (χ1v) is 6.52. The summed E-state index contributed by atoms with van der Waals surface area (Å²) in [6.07, 6.45) is 3.19. The summed E-state index contributed by atoms with van der Waals surface area (Å²) in [6, 6.07) is 5.23. The lowest BCUT2D eigenvalue weighted by Gasteiger charge is -2.20. The molecule has 0 amide bonds. The molecule has 108 valence electrons. The predicted octanol–water partition coefficient (Wildman–Crippen LogP) is 2.17. The van der Waals surface area contributed by atoms with Crippen molar-refractivity contribution < 1.29 is 9.13 Å². The number of rotatable bonds is 6. The van der Waals surface area contributed by atoms with Crippen molar-refractivity contribution in [2.45, 2.75) is 32.5 Å². The van der Waals surface area contributed by atoms with E-state index < -0.39 is 0 Å². The molecule has 2 atom stereocenters. The van der Waals surface area contributed by atoms with E-state index in [0.717, 1.165) is 5.56 Å². The minimum Gasteiger partial charge on any atom is -0.494 e. The fraction of sp³-hybridized carbons (Fsp3) is 0.429. The Bertz CT molecular complexity index is 544. The third-order valence-corrected chi connectivity index (χ3v) is 3.14. The van der Waals surface area contributed by atoms with Crippen LogP contribution in [0.15, 0.2) is 30.9 Å². The van der Waals surface area contributed by atoms with Crippen molar-refractivity contribution in [3.63, 3.8) is 0 Å². The highest BCUT2D eigenvalue weighted by molar-refractivity contribution is 5.30. The highest BCUT2D eigenvalue weighted by Crippen LogP contribution is 2.21. The molecule has 1 N–H and O–H groups in total. The second kappa shape index (κ2) is 6.47. The molecule has 6 heteroatoms. The monoisotopic (exact) mass is 278 g/mol. The molecule has 5 nitrogen and oxygen atoms in total. The van der Waals surface area contributed by atoms with Gasteiger partial charge in [-0.1, -0.05) is 6.07 Å². The fourth-order valence-corrected chi connectivity index (χ4v) is 2.14. The van der Waals surface area contributed by atoms with Crippen molar-refractivity contribution in [2.24, 2.45) is 0 Å². The average Bonchev–Trinajstić information content (AvgIpc) is 2.91. The zero-order chi connectivity index (χ0) is 14.5. The molecule has 0 saturated heterocycles. The number of methoxy groups -OCH3 is 1. The summed E-state index contributed by atoms with van der Waals surface area (Å²) in [5.74, 6) is -0.0841. The zero-order valence-corrected chi connectivity index (χ0v) is 11.9. The standard InChI is InChI=1S/C14H19FN4O/c1-10(7-19-9-16-8-17-19)18-11(2)12-4-5-14(20-3)13(15)6-12/h4-6,8-11,18H,7H2,1-3H3. The molecule has 2 aromatic rings. The van der Waals surface area contributed by atoms with E-state index in [4.69, 9.17) is 4.74 Å². The van der Waals surface area contributed by atoms with E-state index in [-0.39, 0.29) is 23.7 Å². The molecule has 0 bridgehead atoms. The van der Waals surface area contributed by atoms with E-state index in [1.165, 1.54) is 19.5 Å². The van der Waals surface area contributed by atoms with E-state index in [1.54, 1.807) is 17.1 Å². The van der Waals surface area contributed by atoms with E-state index >= 15 is 0 Å². The van der Waals surface area contributed by atoms with Crippen LogP contribution in [0.3, 0.4) is 0 Å². The van der Waals surface area contributed by atoms with Gasteiger partial charge in [0, 0.05) is 12.1 Å². The van der Waals surface area contributed by atoms with Crippen molar-refractivity contribution in [1.29, 1.82) is 0 Å². The Morgan fingerprint density at radius 2 is 2.20 bits per heavy atom. The van der Waals surface area contributed by atoms with Gasteiger partial charge in [0.1, 0.15) is 12.7 Å². The molecule has 20 heavy (non-hydrogen) atoms. The molecular weight excluding hydrogens is 259 g/mol. The molecule has 2 rings (SSSR count). The lowest BCUT2D eigenvalue weighted by molar-refractivity contribution is 0.383. The van der Waals surface area contributed by atoms with Crippen LogP contribution in [-0.2, 0) is 6.54 Å². The lowest BCUT2D eigenvalue weighted by Crippen LogP contribution is -2.32. The summed E-state index contributed by atoms with van der Waals surface area (Å²) < 4.78 is 20.4. The topological polar surface area (TPSA) is 52.0 Å². The van der Waals surface area contributed by atoms with Gasteiger partial charge in [0.05, 0.1) is 13.7 Å². The second-order valence-corrected chi connectivity index (χ2v) is 4.80. The normalized spacial score (nSPS) is 14.0. The fourth-order valence-electron chi connectivity index (χ4n) is 2.14. The molecule has 1 heterocycles. The lowest BCUT2D eigenvalue weighted by atomic mass is 10.1. The van der Waals surface area contributed by atoms with Crippen molar-refractivity contribution in [1.82, 2.24) is 20.1 Å². The van der Waals surface area contributed by atoms with Crippen LogP contribution in [0, 0.1) is 5.82 Å². The number of ether oxygens (including phenoxy) is 1. The maximum atomic E-state index is 13.7. The summed E-state index contributed by atoms with van der Waals surface area (Å²) in [5.41, 5.74) is 0.883. The van der Waals surface area contributed by atoms with Crippen LogP contribution in [0.5, 0.6) is 5.75 Å². The van der Waals surface area contributed by atoms with Gasteiger partial charge >= 0.3 is 0 Å². The second-order valence-electron chi connectivity index (χ2n) is 4.80. The summed E-state index contributed by atoms with van der Waals surface area (Å²) in [5, 5.41) is 7.47. The number of hydrogen-bond donors (Lipinski definition) is 1. The van der Waals surface area contributed by atoms with Crippen LogP contribution in [0.25, 0.3) is 0 Å². The van der Waals surface area contributed by atoms with Gasteiger partial charge in [0.25, 0.3) is 0 Å². The summed E-state index contributed by atoms with van der Waals surface area (Å²) >= 11 is 0. The molecule has 0 aliphatic heterocycles. The minimum absolute atomic E-state index is 0.0360. The van der Waals surface area contributed by atoms with E-state index in [0.29, 0.717) is 6.54 Å². The molecule has 0 aliphatic carbocycles. The molecule has 2 unspecified atom stereocenters. The summed E-state index contributed by atoms with van der Waals surface area (Å²) in [6.45, 7) is 4.76. The summed E-state index contributed by atoms with van der Waals surface area (Å²) in [4.78, 5) is 3.90. The molecule has 0 radical (unpaired) electrons. The number of nitrogens with zero attached hydrogens (tertiary/aromatic N) is 3. The van der Waals surface area contributed by atoms with Crippen LogP contribution in [0.4, 0.5) is 4.39 Å². The zero-order valence-electron chi connectivity index (χ0n) is 11.9. The minimum atomic E-state index is -0.345. The van der Waals surface area contributed by atoms with Crippen LogP contribution in [0.2, 0.25) is 0 Å². The number of aromatic nitrogens is 3. The van der Waals surface area contributed by atoms with Crippen LogP contribution >= 0.6 is 0 Å². The van der Waals surface area contributed by atoms with Crippen LogP contribution in [-0.4, -0.2) is 27.9 Å². The molecule has 0 aliphatic rings. The maximum absolute atomic E-state index is 13.7. The van der Waals surface area contributed by atoms with Gasteiger partial charge in [-0.05, 0) is 31.5 Å². The Morgan fingerprint density at radius 1 is 1.40 bits per heavy atom. The first-order valence-electron chi connectivity index (χ1n) is 6.52. The molecule has 1 aromatic heterocycles. The van der Waals surface area contributed by atoms with Crippen molar-refractivity contribution in [3.05, 3.63) is 42.2 Å². The van der Waals surface area contributed by atoms with Gasteiger partial charge in [0.2, 0.25) is 0 Å². The van der Waals surface area contributed by atoms with Gasteiger partial charge in [0.15, 0.2) is 11.6 Å². The van der Waals surface area contributed by atoms with Gasteiger partial charge in [-0.3, -0.25) is 4.68 Å². The molecule has 1 aromatic carbocycles. The quantitative estimate of drug-likeness (QED) is 0.880. The van der Waals surface area contributed by atoms with E-state index in [2.05, 4.69) is 22.3 Å². The smallest absolute Gasteiger partial charge is 0.165 e. The van der Waals surface area contributed by atoms with Gasteiger partial charge in [-0.25, -0.2) is 9.37 Å². The Hall–Kier alpha value is -1.95. The number of nitrogens with one attached hydrogen (secondary N) is 1. The molecule has 0 saturated carbocycles. The highest BCUT2D eigenvalue weighted by atomic mass is 19.1. The molecular formula is C14H19FN4O. The highest BCUT2D eigenvalue weighted by Gasteiger charge is 2.12. The van der Waals surface area contributed by atoms with Gasteiger partial charge < -0.3 is 10.1 Å². The van der Waals surface area contributed by atoms with Crippen LogP contribution in [0.1, 0.15) is 25.5 Å². The van der Waals surface area contributed by atoms with Gasteiger partial charge in [-0.2, -0.15) is 5.10 Å². The van der Waals surface area contributed by atoms with E-state index in [1.807, 2.05) is 13.0 Å². The SMILES string of the molecule is COc1ccc(C(C)NC(C)Cn2cncn2)cc1F. The number of halogens is 1. The van der Waals surface area contributed by atoms with Crippen molar-refractivity contribution >= 4 is 0 Å². The van der Waals surface area contributed by atoms with Gasteiger partial charge in [-0.15, -0.1) is 0 Å². The Kier molecular flexibility index (Phi) is 4.68. The third kappa shape index (κ3) is 3.54. The first-order chi connectivity index (χ1) is 9.60. The Labute approximate surface area is 117 Å². The third-order valence-electron chi connectivity index (χ3n) is 3.14.